The third-order valence-corrected chi connectivity index (χ3v) is 5.11. The van der Waals surface area contributed by atoms with Gasteiger partial charge in [-0.3, -0.25) is 10.1 Å². The Kier molecular flexibility index (Phi) is 5.74. The SMILES string of the molecule is O=[N+]([O-])c1ccc(C=Nn2c(-c3ccc(Cl)cc3)csc2=Nc2ccc(F)cc2F)o1. The molecule has 0 aliphatic heterocycles. The summed E-state index contributed by atoms with van der Waals surface area (Å²) in [6, 6.07) is 12.6. The number of nitro groups is 1. The van der Waals surface area contributed by atoms with Crippen LogP contribution >= 0.6 is 22.9 Å². The molecule has 0 aliphatic rings. The molecule has 156 valence electrons. The number of nitrogens with zero attached hydrogens (tertiary/aromatic N) is 4. The molecule has 0 saturated carbocycles. The number of benzene rings is 2. The normalized spacial score (nSPS) is 12.0. The lowest BCUT2D eigenvalue weighted by molar-refractivity contribution is -0.402. The molecule has 0 N–H and O–H groups in total. The van der Waals surface area contributed by atoms with E-state index in [2.05, 4.69) is 10.1 Å². The zero-order chi connectivity index (χ0) is 22.0. The second-order valence-electron chi connectivity index (χ2n) is 6.11. The minimum absolute atomic E-state index is 0.0662. The minimum Gasteiger partial charge on any atom is -0.400 e. The van der Waals surface area contributed by atoms with Crippen molar-refractivity contribution in [2.24, 2.45) is 10.1 Å². The number of furan rings is 1. The minimum atomic E-state index is -0.821. The monoisotopic (exact) mass is 460 g/mol. The molecule has 0 fully saturated rings. The third-order valence-electron chi connectivity index (χ3n) is 4.04. The zero-order valence-electron chi connectivity index (χ0n) is 15.4. The summed E-state index contributed by atoms with van der Waals surface area (Å²) in [4.78, 5) is 14.7. The van der Waals surface area contributed by atoms with E-state index < -0.39 is 22.4 Å². The number of hydrogen-bond donors (Lipinski definition) is 0. The van der Waals surface area contributed by atoms with Gasteiger partial charge in [-0.05, 0) is 30.3 Å². The lowest BCUT2D eigenvalue weighted by atomic mass is 10.2. The highest BCUT2D eigenvalue weighted by Gasteiger charge is 2.12. The van der Waals surface area contributed by atoms with Crippen molar-refractivity contribution >= 4 is 40.7 Å². The smallest absolute Gasteiger partial charge is 0.400 e. The molecule has 0 spiro atoms. The summed E-state index contributed by atoms with van der Waals surface area (Å²) in [6.45, 7) is 0. The maximum Gasteiger partial charge on any atom is 0.433 e. The molecule has 0 saturated heterocycles. The molecule has 0 unspecified atom stereocenters. The van der Waals surface area contributed by atoms with Gasteiger partial charge in [0.05, 0.1) is 18.0 Å². The van der Waals surface area contributed by atoms with Crippen LogP contribution in [0.5, 0.6) is 0 Å². The Balaban J connectivity index is 1.83. The predicted molar refractivity (Wildman–Crippen MR) is 113 cm³/mol. The topological polar surface area (TPSA) is 85.9 Å². The van der Waals surface area contributed by atoms with Crippen molar-refractivity contribution in [3.8, 4) is 11.3 Å². The average molecular weight is 461 g/mol. The lowest BCUT2D eigenvalue weighted by Crippen LogP contribution is -2.11. The van der Waals surface area contributed by atoms with Crippen molar-refractivity contribution in [1.82, 2.24) is 4.68 Å². The summed E-state index contributed by atoms with van der Waals surface area (Å²) in [5.41, 5.74) is 1.30. The number of aromatic nitrogens is 1. The first kappa shape index (κ1) is 20.6. The quantitative estimate of drug-likeness (QED) is 0.215. The van der Waals surface area contributed by atoms with Crippen LogP contribution in [0, 0.1) is 21.7 Å². The van der Waals surface area contributed by atoms with Crippen LogP contribution in [0.15, 0.2) is 74.5 Å². The van der Waals surface area contributed by atoms with Gasteiger partial charge in [0, 0.05) is 22.0 Å². The van der Waals surface area contributed by atoms with E-state index in [0.717, 1.165) is 17.7 Å². The van der Waals surface area contributed by atoms with E-state index in [1.54, 1.807) is 29.6 Å². The molecule has 7 nitrogen and oxygen atoms in total. The second kappa shape index (κ2) is 8.62. The van der Waals surface area contributed by atoms with Gasteiger partial charge in [0.1, 0.15) is 16.4 Å². The molecule has 31 heavy (non-hydrogen) atoms. The Labute approximate surface area is 182 Å². The van der Waals surface area contributed by atoms with Gasteiger partial charge in [-0.15, -0.1) is 11.3 Å². The summed E-state index contributed by atoms with van der Waals surface area (Å²) in [6.07, 6.45) is 1.28. The number of halogens is 3. The highest BCUT2D eigenvalue weighted by Crippen LogP contribution is 2.24. The fraction of sp³-hybridized carbons (Fsp3) is 0. The Bertz CT molecular complexity index is 1360. The highest BCUT2D eigenvalue weighted by atomic mass is 35.5. The van der Waals surface area contributed by atoms with E-state index in [1.165, 1.54) is 40.4 Å². The molecule has 0 radical (unpaired) electrons. The van der Waals surface area contributed by atoms with Crippen LogP contribution in [0.1, 0.15) is 5.76 Å². The van der Waals surface area contributed by atoms with Crippen molar-refractivity contribution in [2.45, 2.75) is 0 Å². The Morgan fingerprint density at radius 3 is 2.58 bits per heavy atom. The molecule has 0 aliphatic carbocycles. The Morgan fingerprint density at radius 2 is 1.90 bits per heavy atom. The van der Waals surface area contributed by atoms with Gasteiger partial charge < -0.3 is 4.42 Å². The number of thiazole rings is 1. The number of rotatable bonds is 5. The Morgan fingerprint density at radius 1 is 1.13 bits per heavy atom. The summed E-state index contributed by atoms with van der Waals surface area (Å²) >= 11 is 7.14. The molecule has 4 aromatic rings. The third kappa shape index (κ3) is 4.60. The van der Waals surface area contributed by atoms with Gasteiger partial charge in [0.2, 0.25) is 4.80 Å². The van der Waals surface area contributed by atoms with Crippen LogP contribution in [0.25, 0.3) is 11.3 Å². The van der Waals surface area contributed by atoms with Gasteiger partial charge in [-0.25, -0.2) is 18.4 Å². The van der Waals surface area contributed by atoms with Crippen molar-refractivity contribution in [3.05, 3.63) is 97.3 Å². The highest BCUT2D eigenvalue weighted by molar-refractivity contribution is 7.07. The summed E-state index contributed by atoms with van der Waals surface area (Å²) in [7, 11) is 0. The largest absolute Gasteiger partial charge is 0.433 e. The fourth-order valence-electron chi connectivity index (χ4n) is 2.61. The van der Waals surface area contributed by atoms with Crippen molar-refractivity contribution < 1.29 is 18.1 Å². The van der Waals surface area contributed by atoms with E-state index >= 15 is 0 Å². The standard InChI is InChI=1S/C20H11ClF2N4O3S/c21-13-3-1-12(2-4-13)18-11-31-20(25-17-7-5-14(22)9-16(17)23)26(18)24-10-15-6-8-19(30-15)27(28)29/h1-11H. The molecule has 4 rings (SSSR count). The first-order chi connectivity index (χ1) is 14.9. The average Bonchev–Trinajstić information content (AvgIpc) is 3.36. The first-order valence-electron chi connectivity index (χ1n) is 8.65. The van der Waals surface area contributed by atoms with E-state index in [9.17, 15) is 18.9 Å². The molecule has 0 atom stereocenters. The van der Waals surface area contributed by atoms with Gasteiger partial charge in [-0.2, -0.15) is 5.10 Å². The molecule has 2 aromatic heterocycles. The van der Waals surface area contributed by atoms with Gasteiger partial charge in [0.15, 0.2) is 11.6 Å². The molecule has 2 aromatic carbocycles. The van der Waals surface area contributed by atoms with Crippen molar-refractivity contribution in [3.63, 3.8) is 0 Å². The van der Waals surface area contributed by atoms with Crippen LogP contribution in [-0.4, -0.2) is 15.8 Å². The van der Waals surface area contributed by atoms with Crippen LogP contribution in [0.2, 0.25) is 5.02 Å². The van der Waals surface area contributed by atoms with E-state index in [1.807, 2.05) is 0 Å². The molecule has 2 heterocycles. The molecule has 0 amide bonds. The van der Waals surface area contributed by atoms with Gasteiger partial charge >= 0.3 is 5.88 Å². The zero-order valence-corrected chi connectivity index (χ0v) is 17.0. The van der Waals surface area contributed by atoms with Crippen molar-refractivity contribution in [1.29, 1.82) is 0 Å². The van der Waals surface area contributed by atoms with E-state index in [-0.39, 0.29) is 16.2 Å². The van der Waals surface area contributed by atoms with Crippen LogP contribution in [0.4, 0.5) is 20.4 Å². The summed E-state index contributed by atoms with van der Waals surface area (Å²) in [5, 5.41) is 17.4. The molecular formula is C20H11ClF2N4O3S. The molecular weight excluding hydrogens is 450 g/mol. The first-order valence-corrected chi connectivity index (χ1v) is 9.91. The molecule has 11 heteroatoms. The van der Waals surface area contributed by atoms with Crippen LogP contribution in [-0.2, 0) is 0 Å². The predicted octanol–water partition coefficient (Wildman–Crippen LogP) is 5.76. The second-order valence-corrected chi connectivity index (χ2v) is 7.38. The van der Waals surface area contributed by atoms with Crippen LogP contribution < -0.4 is 4.80 Å². The summed E-state index contributed by atoms with van der Waals surface area (Å²) in [5.74, 6) is -1.81. The van der Waals surface area contributed by atoms with E-state index in [4.69, 9.17) is 16.0 Å². The molecule has 0 bridgehead atoms. The fourth-order valence-corrected chi connectivity index (χ4v) is 3.58. The van der Waals surface area contributed by atoms with Crippen molar-refractivity contribution in [2.75, 3.05) is 0 Å². The maximum absolute atomic E-state index is 14.1. The van der Waals surface area contributed by atoms with Crippen LogP contribution in [0.3, 0.4) is 0 Å². The summed E-state index contributed by atoms with van der Waals surface area (Å²) < 4.78 is 33.8. The maximum atomic E-state index is 14.1. The van der Waals surface area contributed by atoms with Gasteiger partial charge in [-0.1, -0.05) is 23.7 Å². The number of hydrogen-bond acceptors (Lipinski definition) is 6. The van der Waals surface area contributed by atoms with E-state index in [0.29, 0.717) is 10.7 Å². The lowest BCUT2D eigenvalue weighted by Gasteiger charge is -2.03. The Hall–Kier alpha value is -3.63. The van der Waals surface area contributed by atoms with Gasteiger partial charge in [0.25, 0.3) is 0 Å².